The topological polar surface area (TPSA) is 70.7 Å². The maximum Gasteiger partial charge on any atom is 0.238 e. The van der Waals surface area contributed by atoms with Crippen LogP contribution in [0.15, 0.2) is 48.5 Å². The van der Waals surface area contributed by atoms with Gasteiger partial charge in [0.05, 0.1) is 13.0 Å². The van der Waals surface area contributed by atoms with Gasteiger partial charge in [0, 0.05) is 30.4 Å². The standard InChI is InChI=1S/C22H25N3O3/c26-21(23-19-9-10-19)13-16-5-7-18(8-6-16)24-22(27)15-25-11-12-28-20-4-2-1-3-17(20)14-25/h1-8,19H,9-15H2,(H,23,26)(H,24,27). The number of hydrogen-bond acceptors (Lipinski definition) is 4. The summed E-state index contributed by atoms with van der Waals surface area (Å²) in [6.45, 7) is 2.28. The molecule has 0 radical (unpaired) electrons. The first-order chi connectivity index (χ1) is 13.7. The maximum atomic E-state index is 12.4. The molecule has 28 heavy (non-hydrogen) atoms. The average molecular weight is 379 g/mol. The molecule has 0 atom stereocenters. The molecule has 1 aliphatic heterocycles. The summed E-state index contributed by atoms with van der Waals surface area (Å²) in [4.78, 5) is 26.4. The minimum atomic E-state index is -0.0568. The molecule has 0 aromatic heterocycles. The first kappa shape index (κ1) is 18.5. The van der Waals surface area contributed by atoms with E-state index in [-0.39, 0.29) is 11.8 Å². The molecule has 0 unspecified atom stereocenters. The third-order valence-electron chi connectivity index (χ3n) is 4.94. The van der Waals surface area contributed by atoms with Gasteiger partial charge in [-0.15, -0.1) is 0 Å². The van der Waals surface area contributed by atoms with E-state index in [0.29, 0.717) is 38.7 Å². The van der Waals surface area contributed by atoms with Crippen LogP contribution in [0.1, 0.15) is 24.0 Å². The second-order valence-electron chi connectivity index (χ2n) is 7.43. The quantitative estimate of drug-likeness (QED) is 0.808. The number of hydrogen-bond donors (Lipinski definition) is 2. The van der Waals surface area contributed by atoms with E-state index in [1.807, 2.05) is 48.5 Å². The van der Waals surface area contributed by atoms with Crippen molar-refractivity contribution in [2.24, 2.45) is 0 Å². The Morgan fingerprint density at radius 1 is 1.04 bits per heavy atom. The van der Waals surface area contributed by atoms with E-state index in [0.717, 1.165) is 35.4 Å². The third-order valence-corrected chi connectivity index (χ3v) is 4.94. The number of para-hydroxylation sites is 1. The lowest BCUT2D eigenvalue weighted by atomic mass is 10.1. The molecule has 2 aliphatic rings. The number of ether oxygens (including phenoxy) is 1. The molecule has 146 valence electrons. The Bertz CT molecular complexity index is 846. The van der Waals surface area contributed by atoms with Crippen LogP contribution in [0.3, 0.4) is 0 Å². The first-order valence-electron chi connectivity index (χ1n) is 9.77. The Balaban J connectivity index is 1.28. The van der Waals surface area contributed by atoms with Crippen molar-refractivity contribution in [3.63, 3.8) is 0 Å². The fourth-order valence-corrected chi connectivity index (χ4v) is 3.32. The van der Waals surface area contributed by atoms with Crippen molar-refractivity contribution in [3.8, 4) is 5.75 Å². The van der Waals surface area contributed by atoms with E-state index in [2.05, 4.69) is 15.5 Å². The Morgan fingerprint density at radius 2 is 1.82 bits per heavy atom. The summed E-state index contributed by atoms with van der Waals surface area (Å²) in [5.74, 6) is 0.897. The van der Waals surface area contributed by atoms with E-state index in [9.17, 15) is 9.59 Å². The predicted molar refractivity (Wildman–Crippen MR) is 107 cm³/mol. The van der Waals surface area contributed by atoms with Gasteiger partial charge in [0.2, 0.25) is 11.8 Å². The highest BCUT2D eigenvalue weighted by Gasteiger charge is 2.23. The molecular weight excluding hydrogens is 354 g/mol. The molecule has 0 spiro atoms. The summed E-state index contributed by atoms with van der Waals surface area (Å²) in [6, 6.07) is 15.8. The smallest absolute Gasteiger partial charge is 0.238 e. The summed E-state index contributed by atoms with van der Waals surface area (Å²) in [5, 5.41) is 5.92. The Morgan fingerprint density at radius 3 is 2.61 bits per heavy atom. The fraction of sp³-hybridized carbons (Fsp3) is 0.364. The van der Waals surface area contributed by atoms with Crippen LogP contribution >= 0.6 is 0 Å². The highest BCUT2D eigenvalue weighted by Crippen LogP contribution is 2.22. The zero-order valence-corrected chi connectivity index (χ0v) is 15.8. The summed E-state index contributed by atoms with van der Waals surface area (Å²) < 4.78 is 5.75. The Labute approximate surface area is 164 Å². The van der Waals surface area contributed by atoms with Crippen molar-refractivity contribution in [1.29, 1.82) is 0 Å². The minimum Gasteiger partial charge on any atom is -0.492 e. The van der Waals surface area contributed by atoms with Crippen molar-refractivity contribution >= 4 is 17.5 Å². The molecular formula is C22H25N3O3. The van der Waals surface area contributed by atoms with Crippen LogP contribution in [-0.4, -0.2) is 42.5 Å². The normalized spacial score (nSPS) is 16.4. The molecule has 2 aromatic carbocycles. The molecule has 0 bridgehead atoms. The molecule has 1 saturated carbocycles. The van der Waals surface area contributed by atoms with Crippen molar-refractivity contribution in [2.45, 2.75) is 31.8 Å². The van der Waals surface area contributed by atoms with Gasteiger partial charge in [-0.3, -0.25) is 14.5 Å². The number of amides is 2. The number of rotatable bonds is 6. The molecule has 4 rings (SSSR count). The van der Waals surface area contributed by atoms with Crippen molar-refractivity contribution in [1.82, 2.24) is 10.2 Å². The van der Waals surface area contributed by atoms with Gasteiger partial charge < -0.3 is 15.4 Å². The number of anilines is 1. The number of fused-ring (bicyclic) bond motifs is 1. The van der Waals surface area contributed by atoms with Gasteiger partial charge in [-0.05, 0) is 36.6 Å². The van der Waals surface area contributed by atoms with Crippen LogP contribution in [0.4, 0.5) is 5.69 Å². The van der Waals surface area contributed by atoms with E-state index < -0.39 is 0 Å². The average Bonchev–Trinajstić information content (AvgIpc) is 3.50. The van der Waals surface area contributed by atoms with Gasteiger partial charge >= 0.3 is 0 Å². The number of nitrogens with one attached hydrogen (secondary N) is 2. The number of nitrogens with zero attached hydrogens (tertiary/aromatic N) is 1. The zero-order chi connectivity index (χ0) is 19.3. The monoisotopic (exact) mass is 379 g/mol. The summed E-state index contributed by atoms with van der Waals surface area (Å²) in [5.41, 5.74) is 2.78. The summed E-state index contributed by atoms with van der Waals surface area (Å²) in [6.07, 6.45) is 2.55. The molecule has 6 nitrogen and oxygen atoms in total. The molecule has 0 saturated heterocycles. The first-order valence-corrected chi connectivity index (χ1v) is 9.77. The lowest BCUT2D eigenvalue weighted by Crippen LogP contribution is -2.34. The van der Waals surface area contributed by atoms with E-state index in [4.69, 9.17) is 4.74 Å². The SMILES string of the molecule is O=C(CN1CCOc2ccccc2C1)Nc1ccc(CC(=O)NC2CC2)cc1. The van der Waals surface area contributed by atoms with Crippen LogP contribution in [-0.2, 0) is 22.6 Å². The second kappa shape index (κ2) is 8.44. The predicted octanol–water partition coefficient (Wildman–Crippen LogP) is 2.34. The van der Waals surface area contributed by atoms with Gasteiger partial charge in [0.25, 0.3) is 0 Å². The number of benzene rings is 2. The van der Waals surface area contributed by atoms with Crippen molar-refractivity contribution < 1.29 is 14.3 Å². The Hall–Kier alpha value is -2.86. The lowest BCUT2D eigenvalue weighted by Gasteiger charge is -2.18. The van der Waals surface area contributed by atoms with Gasteiger partial charge in [0.15, 0.2) is 0 Å². The van der Waals surface area contributed by atoms with Crippen LogP contribution in [0.5, 0.6) is 5.75 Å². The molecule has 2 aromatic rings. The van der Waals surface area contributed by atoms with E-state index >= 15 is 0 Å². The number of carbonyl (C=O) groups excluding carboxylic acids is 2. The zero-order valence-electron chi connectivity index (χ0n) is 15.8. The minimum absolute atomic E-state index is 0.0568. The van der Waals surface area contributed by atoms with Crippen LogP contribution in [0, 0.1) is 0 Å². The largest absolute Gasteiger partial charge is 0.492 e. The maximum absolute atomic E-state index is 12.4. The van der Waals surface area contributed by atoms with Gasteiger partial charge in [-0.2, -0.15) is 0 Å². The van der Waals surface area contributed by atoms with Gasteiger partial charge in [-0.1, -0.05) is 30.3 Å². The highest BCUT2D eigenvalue weighted by atomic mass is 16.5. The van der Waals surface area contributed by atoms with Gasteiger partial charge in [0.1, 0.15) is 12.4 Å². The second-order valence-corrected chi connectivity index (χ2v) is 7.43. The van der Waals surface area contributed by atoms with Crippen LogP contribution in [0.25, 0.3) is 0 Å². The summed E-state index contributed by atoms with van der Waals surface area (Å²) in [7, 11) is 0. The third kappa shape index (κ3) is 5.10. The van der Waals surface area contributed by atoms with Crippen LogP contribution in [0.2, 0.25) is 0 Å². The Kier molecular flexibility index (Phi) is 5.58. The summed E-state index contributed by atoms with van der Waals surface area (Å²) >= 11 is 0. The lowest BCUT2D eigenvalue weighted by molar-refractivity contribution is -0.120. The number of carbonyl (C=O) groups is 2. The van der Waals surface area contributed by atoms with E-state index in [1.165, 1.54) is 0 Å². The van der Waals surface area contributed by atoms with Crippen LogP contribution < -0.4 is 15.4 Å². The van der Waals surface area contributed by atoms with Gasteiger partial charge in [-0.25, -0.2) is 0 Å². The fourth-order valence-electron chi connectivity index (χ4n) is 3.32. The molecule has 6 heteroatoms. The molecule has 2 N–H and O–H groups in total. The molecule has 2 amide bonds. The van der Waals surface area contributed by atoms with E-state index in [1.54, 1.807) is 0 Å². The van der Waals surface area contributed by atoms with Crippen molar-refractivity contribution in [2.75, 3.05) is 25.0 Å². The van der Waals surface area contributed by atoms with Crippen molar-refractivity contribution in [3.05, 3.63) is 59.7 Å². The highest BCUT2D eigenvalue weighted by molar-refractivity contribution is 5.92. The molecule has 1 fully saturated rings. The molecule has 1 heterocycles. The molecule has 1 aliphatic carbocycles.